The number of benzene rings is 1. The largest absolute Gasteiger partial charge is 0.496 e. The molecule has 110 valence electrons. The first-order chi connectivity index (χ1) is 9.72. The zero-order chi connectivity index (χ0) is 14.4. The maximum absolute atomic E-state index is 12.0. The van der Waals surface area contributed by atoms with E-state index in [1.54, 1.807) is 19.2 Å². The van der Waals surface area contributed by atoms with Gasteiger partial charge in [-0.05, 0) is 32.0 Å². The maximum atomic E-state index is 12.0. The number of rotatable bonds is 5. The summed E-state index contributed by atoms with van der Waals surface area (Å²) in [5.74, 6) is 0.720. The number of nitrogens with one attached hydrogen (secondary N) is 2. The lowest BCUT2D eigenvalue weighted by molar-refractivity contribution is -0.126. The third-order valence-corrected chi connectivity index (χ3v) is 3.68. The molecule has 1 aromatic carbocycles. The van der Waals surface area contributed by atoms with E-state index in [1.807, 2.05) is 12.1 Å². The summed E-state index contributed by atoms with van der Waals surface area (Å²) in [6.45, 7) is 1.98. The number of para-hydroxylation sites is 1. The fraction of sp³-hybridized carbons (Fsp3) is 0.533. The first kappa shape index (κ1) is 14.8. The fourth-order valence-electron chi connectivity index (χ4n) is 2.48. The molecule has 1 aliphatic rings. The molecule has 0 spiro atoms. The van der Waals surface area contributed by atoms with Gasteiger partial charge in [0.05, 0.1) is 13.2 Å². The second kappa shape index (κ2) is 7.26. The van der Waals surface area contributed by atoms with Gasteiger partial charge in [-0.25, -0.2) is 0 Å². The van der Waals surface area contributed by atoms with Crippen LogP contribution in [0.2, 0.25) is 0 Å². The summed E-state index contributed by atoms with van der Waals surface area (Å²) in [7, 11) is 1.57. The van der Waals surface area contributed by atoms with Crippen LogP contribution in [0.15, 0.2) is 24.3 Å². The number of aliphatic hydroxyl groups excluding tert-OH is 1. The molecule has 3 N–H and O–H groups in total. The second-order valence-corrected chi connectivity index (χ2v) is 5.03. The van der Waals surface area contributed by atoms with Crippen molar-refractivity contribution < 1.29 is 14.6 Å². The SMILES string of the molecule is COc1ccccc1[C@H](O)CNC(=O)C1CCNCC1. The molecular formula is C15H22N2O3. The van der Waals surface area contributed by atoms with Gasteiger partial charge in [0.2, 0.25) is 5.91 Å². The number of carbonyl (C=O) groups excluding carboxylic acids is 1. The quantitative estimate of drug-likeness (QED) is 0.746. The van der Waals surface area contributed by atoms with Crippen LogP contribution >= 0.6 is 0 Å². The van der Waals surface area contributed by atoms with E-state index in [1.165, 1.54) is 0 Å². The molecule has 0 unspecified atom stereocenters. The average Bonchev–Trinajstić information content (AvgIpc) is 2.53. The molecule has 1 fully saturated rings. The van der Waals surface area contributed by atoms with Crippen molar-refractivity contribution in [2.75, 3.05) is 26.7 Å². The molecule has 1 aliphatic heterocycles. The van der Waals surface area contributed by atoms with Crippen molar-refractivity contribution in [2.45, 2.75) is 18.9 Å². The highest BCUT2D eigenvalue weighted by Gasteiger charge is 2.22. The lowest BCUT2D eigenvalue weighted by Crippen LogP contribution is -2.39. The Bertz CT molecular complexity index is 444. The number of carbonyl (C=O) groups is 1. The monoisotopic (exact) mass is 278 g/mol. The van der Waals surface area contributed by atoms with Crippen LogP contribution < -0.4 is 15.4 Å². The lowest BCUT2D eigenvalue weighted by atomic mass is 9.97. The number of piperidine rings is 1. The van der Waals surface area contributed by atoms with Gasteiger partial charge in [0, 0.05) is 18.0 Å². The predicted octanol–water partition coefficient (Wildman–Crippen LogP) is 0.844. The van der Waals surface area contributed by atoms with E-state index in [9.17, 15) is 9.90 Å². The summed E-state index contributed by atoms with van der Waals surface area (Å²) < 4.78 is 5.21. The fourth-order valence-corrected chi connectivity index (χ4v) is 2.48. The van der Waals surface area contributed by atoms with E-state index < -0.39 is 6.10 Å². The van der Waals surface area contributed by atoms with E-state index in [0.717, 1.165) is 25.9 Å². The van der Waals surface area contributed by atoms with E-state index >= 15 is 0 Å². The summed E-state index contributed by atoms with van der Waals surface area (Å²) in [5, 5.41) is 16.2. The summed E-state index contributed by atoms with van der Waals surface area (Å²) in [6.07, 6.45) is 0.963. The van der Waals surface area contributed by atoms with Crippen LogP contribution in [-0.2, 0) is 4.79 Å². The molecule has 2 rings (SSSR count). The number of methoxy groups -OCH3 is 1. The first-order valence-electron chi connectivity index (χ1n) is 7.01. The van der Waals surface area contributed by atoms with Crippen molar-refractivity contribution in [3.63, 3.8) is 0 Å². The van der Waals surface area contributed by atoms with E-state index in [-0.39, 0.29) is 18.4 Å². The van der Waals surface area contributed by atoms with E-state index in [2.05, 4.69) is 10.6 Å². The van der Waals surface area contributed by atoms with Gasteiger partial charge in [0.1, 0.15) is 5.75 Å². The van der Waals surface area contributed by atoms with Crippen LogP contribution in [0.4, 0.5) is 0 Å². The Morgan fingerprint density at radius 3 is 2.85 bits per heavy atom. The maximum Gasteiger partial charge on any atom is 0.223 e. The summed E-state index contributed by atoms with van der Waals surface area (Å²) in [6, 6.07) is 7.30. The molecule has 0 bridgehead atoms. The molecule has 0 aromatic heterocycles. The highest BCUT2D eigenvalue weighted by atomic mass is 16.5. The van der Waals surface area contributed by atoms with Gasteiger partial charge in [-0.15, -0.1) is 0 Å². The average molecular weight is 278 g/mol. The highest BCUT2D eigenvalue weighted by molar-refractivity contribution is 5.78. The van der Waals surface area contributed by atoms with Gasteiger partial charge >= 0.3 is 0 Å². The Hall–Kier alpha value is -1.59. The Labute approximate surface area is 119 Å². The second-order valence-electron chi connectivity index (χ2n) is 5.03. The zero-order valence-electron chi connectivity index (χ0n) is 11.8. The Balaban J connectivity index is 1.88. The van der Waals surface area contributed by atoms with Crippen molar-refractivity contribution in [3.05, 3.63) is 29.8 Å². The Morgan fingerprint density at radius 1 is 1.45 bits per heavy atom. The summed E-state index contributed by atoms with van der Waals surface area (Å²) >= 11 is 0. The normalized spacial score (nSPS) is 17.5. The standard InChI is InChI=1S/C15H22N2O3/c1-20-14-5-3-2-4-12(14)13(18)10-17-15(19)11-6-8-16-9-7-11/h2-5,11,13,16,18H,6-10H2,1H3,(H,17,19)/t13-/m1/s1. The molecule has 1 heterocycles. The Morgan fingerprint density at radius 2 is 2.15 bits per heavy atom. The lowest BCUT2D eigenvalue weighted by Gasteiger charge is -2.23. The molecule has 0 saturated carbocycles. The molecule has 1 aromatic rings. The molecule has 1 amide bonds. The van der Waals surface area contributed by atoms with Crippen LogP contribution in [-0.4, -0.2) is 37.8 Å². The summed E-state index contributed by atoms with van der Waals surface area (Å²) in [4.78, 5) is 12.0. The van der Waals surface area contributed by atoms with Gasteiger partial charge < -0.3 is 20.5 Å². The molecular weight excluding hydrogens is 256 g/mol. The molecule has 1 saturated heterocycles. The smallest absolute Gasteiger partial charge is 0.223 e. The zero-order valence-corrected chi connectivity index (χ0v) is 11.8. The molecule has 0 aliphatic carbocycles. The molecule has 5 nitrogen and oxygen atoms in total. The van der Waals surface area contributed by atoms with Crippen molar-refractivity contribution in [1.29, 1.82) is 0 Å². The van der Waals surface area contributed by atoms with Crippen molar-refractivity contribution in [2.24, 2.45) is 5.92 Å². The van der Waals surface area contributed by atoms with E-state index in [4.69, 9.17) is 4.74 Å². The predicted molar refractivity (Wildman–Crippen MR) is 76.6 cm³/mol. The van der Waals surface area contributed by atoms with Crippen LogP contribution in [0.3, 0.4) is 0 Å². The number of aliphatic hydroxyl groups is 1. The number of hydrogen-bond acceptors (Lipinski definition) is 4. The van der Waals surface area contributed by atoms with Crippen molar-refractivity contribution in [3.8, 4) is 5.75 Å². The number of ether oxygens (including phenoxy) is 1. The minimum absolute atomic E-state index is 0.0282. The van der Waals surface area contributed by atoms with Crippen molar-refractivity contribution >= 4 is 5.91 Å². The van der Waals surface area contributed by atoms with Gasteiger partial charge in [0.15, 0.2) is 0 Å². The van der Waals surface area contributed by atoms with E-state index in [0.29, 0.717) is 11.3 Å². The van der Waals surface area contributed by atoms with Gasteiger partial charge in [-0.2, -0.15) is 0 Å². The topological polar surface area (TPSA) is 70.6 Å². The van der Waals surface area contributed by atoms with Crippen LogP contribution in [0.25, 0.3) is 0 Å². The van der Waals surface area contributed by atoms with Gasteiger partial charge in [-0.1, -0.05) is 18.2 Å². The summed E-state index contributed by atoms with van der Waals surface area (Å²) in [5.41, 5.74) is 0.695. The number of hydrogen-bond donors (Lipinski definition) is 3. The third kappa shape index (κ3) is 3.71. The van der Waals surface area contributed by atoms with Gasteiger partial charge in [-0.3, -0.25) is 4.79 Å². The third-order valence-electron chi connectivity index (χ3n) is 3.68. The van der Waals surface area contributed by atoms with Crippen LogP contribution in [0, 0.1) is 5.92 Å². The Kier molecular flexibility index (Phi) is 5.38. The minimum Gasteiger partial charge on any atom is -0.496 e. The molecule has 0 radical (unpaired) electrons. The number of amides is 1. The highest BCUT2D eigenvalue weighted by Crippen LogP contribution is 2.24. The van der Waals surface area contributed by atoms with Crippen LogP contribution in [0.1, 0.15) is 24.5 Å². The minimum atomic E-state index is -0.753. The first-order valence-corrected chi connectivity index (χ1v) is 7.01. The molecule has 20 heavy (non-hydrogen) atoms. The molecule has 5 heteroatoms. The van der Waals surface area contributed by atoms with Crippen molar-refractivity contribution in [1.82, 2.24) is 10.6 Å². The van der Waals surface area contributed by atoms with Gasteiger partial charge in [0.25, 0.3) is 0 Å². The van der Waals surface area contributed by atoms with Crippen LogP contribution in [0.5, 0.6) is 5.75 Å². The molecule has 1 atom stereocenters.